The van der Waals surface area contributed by atoms with E-state index in [1.54, 1.807) is 24.3 Å². The van der Waals surface area contributed by atoms with Gasteiger partial charge < -0.3 is 26.4 Å². The zero-order chi connectivity index (χ0) is 17.7. The molecule has 124 valence electrons. The molecule has 2 aromatic rings. The van der Waals surface area contributed by atoms with Crippen molar-refractivity contribution >= 4 is 35.7 Å². The Balaban J connectivity index is 2.13. The Hall–Kier alpha value is -2.98. The van der Waals surface area contributed by atoms with Crippen LogP contribution in [-0.2, 0) is 11.3 Å². The fourth-order valence-electron chi connectivity index (χ4n) is 1.96. The number of hydrogen-bond acceptors (Lipinski definition) is 8. The Morgan fingerprint density at radius 2 is 1.96 bits per heavy atom. The van der Waals surface area contributed by atoms with Crippen molar-refractivity contribution in [1.29, 1.82) is 5.41 Å². The summed E-state index contributed by atoms with van der Waals surface area (Å²) in [6.07, 6.45) is 1.22. The number of hydrogen-bond donors (Lipinski definition) is 6. The van der Waals surface area contributed by atoms with Crippen molar-refractivity contribution < 1.29 is 14.8 Å². The summed E-state index contributed by atoms with van der Waals surface area (Å²) in [5.41, 5.74) is 6.99. The Bertz CT molecular complexity index is 751. The normalized spacial score (nSPS) is 10.1. The van der Waals surface area contributed by atoms with E-state index in [0.717, 1.165) is 5.56 Å². The van der Waals surface area contributed by atoms with Crippen molar-refractivity contribution in [3.05, 3.63) is 41.9 Å². The fraction of sp³-hybridized carbons (Fsp3) is 0.143. The fourth-order valence-corrected chi connectivity index (χ4v) is 1.96. The van der Waals surface area contributed by atoms with Gasteiger partial charge >= 0.3 is 7.12 Å². The van der Waals surface area contributed by atoms with Gasteiger partial charge in [0.05, 0.1) is 0 Å². The molecule has 0 atom stereocenters. The summed E-state index contributed by atoms with van der Waals surface area (Å²) < 4.78 is 0. The second-order valence-electron chi connectivity index (χ2n) is 4.91. The topological polar surface area (TPSA) is 157 Å². The highest BCUT2D eigenvalue weighted by Crippen LogP contribution is 2.19. The number of likely N-dealkylation sites (N-methyl/N-ethyl adjacent to an activating group) is 1. The monoisotopic (exact) mass is 328 g/mol. The predicted octanol–water partition coefficient (Wildman–Crippen LogP) is -1.54. The molecule has 1 aromatic heterocycles. The minimum atomic E-state index is -1.51. The minimum absolute atomic E-state index is 0.0469. The second-order valence-corrected chi connectivity index (χ2v) is 4.91. The van der Waals surface area contributed by atoms with Crippen molar-refractivity contribution in [3.8, 4) is 0 Å². The quantitative estimate of drug-likeness (QED) is 0.277. The second kappa shape index (κ2) is 7.53. The van der Waals surface area contributed by atoms with Crippen molar-refractivity contribution in [3.63, 3.8) is 0 Å². The first-order chi connectivity index (χ1) is 11.4. The van der Waals surface area contributed by atoms with Gasteiger partial charge in [0.25, 0.3) is 5.91 Å². The molecule has 10 heteroatoms. The van der Waals surface area contributed by atoms with Gasteiger partial charge in [0, 0.05) is 13.6 Å². The van der Waals surface area contributed by atoms with Gasteiger partial charge in [-0.15, -0.1) is 0 Å². The van der Waals surface area contributed by atoms with Gasteiger partial charge in [0.15, 0.2) is 5.82 Å². The third-order valence-electron chi connectivity index (χ3n) is 3.31. The number of nitrogens with two attached hydrogens (primary N) is 1. The maximum absolute atomic E-state index is 11.5. The Kier molecular flexibility index (Phi) is 5.45. The molecule has 0 saturated heterocycles. The third-order valence-corrected chi connectivity index (χ3v) is 3.31. The number of nitrogen functional groups attached to an aromatic ring is 1. The molecular formula is C14H17BN6O3. The van der Waals surface area contributed by atoms with E-state index in [4.69, 9.17) is 21.2 Å². The van der Waals surface area contributed by atoms with Crippen LogP contribution in [0.3, 0.4) is 0 Å². The highest BCUT2D eigenvalue weighted by Gasteiger charge is 2.17. The average Bonchev–Trinajstić information content (AvgIpc) is 2.60. The van der Waals surface area contributed by atoms with Gasteiger partial charge in [0.1, 0.15) is 23.4 Å². The average molecular weight is 328 g/mol. The Labute approximate surface area is 138 Å². The minimum Gasteiger partial charge on any atom is -0.423 e. The molecule has 0 unspecified atom stereocenters. The Morgan fingerprint density at radius 1 is 1.29 bits per heavy atom. The molecule has 0 fully saturated rings. The molecular weight excluding hydrogens is 311 g/mol. The summed E-state index contributed by atoms with van der Waals surface area (Å²) in [6, 6.07) is 6.65. The predicted molar refractivity (Wildman–Crippen MR) is 90.9 cm³/mol. The van der Waals surface area contributed by atoms with E-state index in [1.165, 1.54) is 13.4 Å². The van der Waals surface area contributed by atoms with Crippen molar-refractivity contribution in [1.82, 2.24) is 15.3 Å². The third kappa shape index (κ3) is 3.86. The Morgan fingerprint density at radius 3 is 2.54 bits per heavy atom. The lowest BCUT2D eigenvalue weighted by molar-refractivity contribution is -0.114. The number of benzene rings is 1. The van der Waals surface area contributed by atoms with Crippen molar-refractivity contribution in [2.24, 2.45) is 0 Å². The summed E-state index contributed by atoms with van der Waals surface area (Å²) in [7, 11) is -0.0942. The molecule has 24 heavy (non-hydrogen) atoms. The van der Waals surface area contributed by atoms with Crippen LogP contribution in [-0.4, -0.2) is 45.8 Å². The summed E-state index contributed by atoms with van der Waals surface area (Å²) in [5.74, 6) is -0.288. The van der Waals surface area contributed by atoms with Crippen LogP contribution in [0, 0.1) is 5.41 Å². The molecule has 0 radical (unpaired) electrons. The van der Waals surface area contributed by atoms with Crippen LogP contribution in [0.25, 0.3) is 0 Å². The first kappa shape index (κ1) is 17.4. The highest BCUT2D eigenvalue weighted by atomic mass is 16.4. The molecule has 1 heterocycles. The molecule has 0 aliphatic rings. The van der Waals surface area contributed by atoms with Crippen LogP contribution in [0.15, 0.2) is 30.6 Å². The number of carbonyl (C=O) groups is 1. The lowest BCUT2D eigenvalue weighted by atomic mass is 9.80. The number of amides is 1. The van der Waals surface area contributed by atoms with E-state index in [2.05, 4.69) is 20.6 Å². The summed E-state index contributed by atoms with van der Waals surface area (Å²) >= 11 is 0. The van der Waals surface area contributed by atoms with Gasteiger partial charge in [-0.2, -0.15) is 0 Å². The molecule has 0 spiro atoms. The number of rotatable bonds is 6. The van der Waals surface area contributed by atoms with E-state index in [-0.39, 0.29) is 17.1 Å². The molecule has 0 saturated carbocycles. The van der Waals surface area contributed by atoms with E-state index >= 15 is 0 Å². The first-order valence-electron chi connectivity index (χ1n) is 7.04. The number of nitrogens with zero attached hydrogens (tertiary/aromatic N) is 2. The molecule has 7 N–H and O–H groups in total. The van der Waals surface area contributed by atoms with Gasteiger partial charge in [-0.1, -0.05) is 24.3 Å². The van der Waals surface area contributed by atoms with Gasteiger partial charge in [-0.05, 0) is 11.0 Å². The number of carbonyl (C=O) groups excluding carboxylic acids is 1. The van der Waals surface area contributed by atoms with E-state index in [1.807, 2.05) is 0 Å². The molecule has 0 aliphatic heterocycles. The van der Waals surface area contributed by atoms with E-state index in [9.17, 15) is 4.79 Å². The van der Waals surface area contributed by atoms with Crippen LogP contribution in [0.2, 0.25) is 0 Å². The van der Waals surface area contributed by atoms with E-state index < -0.39 is 13.0 Å². The van der Waals surface area contributed by atoms with Crippen molar-refractivity contribution in [2.75, 3.05) is 18.1 Å². The zero-order valence-corrected chi connectivity index (χ0v) is 12.9. The van der Waals surface area contributed by atoms with Gasteiger partial charge in [0.2, 0.25) is 0 Å². The number of nitrogens with one attached hydrogen (secondary N) is 3. The van der Waals surface area contributed by atoms with Gasteiger partial charge in [-0.3, -0.25) is 10.2 Å². The molecule has 0 aliphatic carbocycles. The van der Waals surface area contributed by atoms with Crippen LogP contribution >= 0.6 is 0 Å². The van der Waals surface area contributed by atoms with Crippen LogP contribution in [0.5, 0.6) is 0 Å². The lowest BCUT2D eigenvalue weighted by Crippen LogP contribution is -2.29. The number of anilines is 2. The zero-order valence-electron chi connectivity index (χ0n) is 12.9. The molecule has 0 bridgehead atoms. The van der Waals surface area contributed by atoms with Crippen LogP contribution < -0.4 is 21.8 Å². The smallest absolute Gasteiger partial charge is 0.423 e. The first-order valence-corrected chi connectivity index (χ1v) is 7.04. The summed E-state index contributed by atoms with van der Waals surface area (Å²) in [5, 5.41) is 31.2. The standard InChI is InChI=1S/C14H17BN6O3/c1-18-14(22)11(17)12-10(16)13(21-7-20-12)19-6-8-2-4-9(5-3-8)15(23)24/h2-5,7,17,23-24H,6,16H2,1H3,(H,18,22)(H,19,20,21). The lowest BCUT2D eigenvalue weighted by Gasteiger charge is -2.11. The van der Waals surface area contributed by atoms with Crippen LogP contribution in [0.1, 0.15) is 11.3 Å². The van der Waals surface area contributed by atoms with Gasteiger partial charge in [-0.25, -0.2) is 9.97 Å². The van der Waals surface area contributed by atoms with Crippen LogP contribution in [0.4, 0.5) is 11.5 Å². The largest absolute Gasteiger partial charge is 0.488 e. The summed E-state index contributed by atoms with van der Waals surface area (Å²) in [4.78, 5) is 19.4. The maximum atomic E-state index is 11.5. The molecule has 2 rings (SSSR count). The van der Waals surface area contributed by atoms with Crippen molar-refractivity contribution in [2.45, 2.75) is 6.54 Å². The maximum Gasteiger partial charge on any atom is 0.488 e. The SMILES string of the molecule is CNC(=O)C(=N)c1ncnc(NCc2ccc(B(O)O)cc2)c1N. The highest BCUT2D eigenvalue weighted by molar-refractivity contribution is 6.58. The molecule has 1 aromatic carbocycles. The van der Waals surface area contributed by atoms with E-state index in [0.29, 0.717) is 17.8 Å². The summed E-state index contributed by atoms with van der Waals surface area (Å²) in [6.45, 7) is 0.371. The molecule has 1 amide bonds. The molecule has 9 nitrogen and oxygen atoms in total. The number of aromatic nitrogens is 2.